The highest BCUT2D eigenvalue weighted by atomic mass is 32.1. The van der Waals surface area contributed by atoms with Crippen molar-refractivity contribution in [3.63, 3.8) is 0 Å². The van der Waals surface area contributed by atoms with E-state index in [1.54, 1.807) is 6.07 Å². The lowest BCUT2D eigenvalue weighted by molar-refractivity contribution is -0.384. The molecule has 0 saturated heterocycles. The third-order valence-electron chi connectivity index (χ3n) is 6.62. The van der Waals surface area contributed by atoms with Gasteiger partial charge in [0, 0.05) is 43.9 Å². The molecule has 0 aliphatic heterocycles. The second kappa shape index (κ2) is 11.0. The number of hydrogen-bond donors (Lipinski definition) is 3. The van der Waals surface area contributed by atoms with E-state index in [2.05, 4.69) is 20.9 Å². The molecule has 0 unspecified atom stereocenters. The highest BCUT2D eigenvalue weighted by Crippen LogP contribution is 2.30. The fourth-order valence-corrected chi connectivity index (χ4v) is 5.10. The average molecular weight is 500 g/mol. The van der Waals surface area contributed by atoms with Crippen LogP contribution in [0.15, 0.2) is 18.2 Å². The number of fused-ring (bicyclic) bond motifs is 1. The summed E-state index contributed by atoms with van der Waals surface area (Å²) in [5.74, 6) is 2.25. The predicted molar refractivity (Wildman–Crippen MR) is 142 cm³/mol. The second-order valence-electron chi connectivity index (χ2n) is 9.33. The summed E-state index contributed by atoms with van der Waals surface area (Å²) in [5, 5.41) is 21.5. The van der Waals surface area contributed by atoms with Gasteiger partial charge in [-0.2, -0.15) is 4.98 Å². The summed E-state index contributed by atoms with van der Waals surface area (Å²) in [6.07, 6.45) is 8.28. The number of benzene rings is 1. The fourth-order valence-electron chi connectivity index (χ4n) is 4.82. The van der Waals surface area contributed by atoms with Crippen LogP contribution >= 0.6 is 12.2 Å². The van der Waals surface area contributed by atoms with E-state index >= 15 is 0 Å². The van der Waals surface area contributed by atoms with Crippen LogP contribution in [0.25, 0.3) is 0 Å². The summed E-state index contributed by atoms with van der Waals surface area (Å²) >= 11 is 5.48. The summed E-state index contributed by atoms with van der Waals surface area (Å²) in [5.41, 5.74) is 2.92. The van der Waals surface area contributed by atoms with Crippen LogP contribution in [0.2, 0.25) is 0 Å². The Labute approximate surface area is 211 Å². The number of nitrogens with one attached hydrogen (secondary N) is 3. The summed E-state index contributed by atoms with van der Waals surface area (Å²) in [7, 11) is 5.60. The normalized spacial score (nSPS) is 19.3. The number of non-ortho nitro benzene ring substituents is 1. The Morgan fingerprint density at radius 3 is 2.54 bits per heavy atom. The lowest BCUT2D eigenvalue weighted by atomic mass is 9.91. The second-order valence-corrected chi connectivity index (χ2v) is 9.74. The number of hydrogen-bond acceptors (Lipinski definition) is 8. The van der Waals surface area contributed by atoms with Crippen LogP contribution in [0.1, 0.15) is 49.8 Å². The van der Waals surface area contributed by atoms with Crippen molar-refractivity contribution >= 4 is 40.5 Å². The van der Waals surface area contributed by atoms with E-state index in [0.717, 1.165) is 50.3 Å². The number of aromatic nitrogens is 2. The molecule has 0 bridgehead atoms. The van der Waals surface area contributed by atoms with Crippen LogP contribution in [0.4, 0.5) is 23.1 Å². The minimum Gasteiger partial charge on any atom is -0.495 e. The van der Waals surface area contributed by atoms with Crippen LogP contribution < -0.4 is 25.6 Å². The van der Waals surface area contributed by atoms with Gasteiger partial charge in [-0.15, -0.1) is 0 Å². The fraction of sp³-hybridized carbons (Fsp3) is 0.542. The molecule has 0 spiro atoms. The van der Waals surface area contributed by atoms with Crippen LogP contribution in [-0.2, 0) is 12.8 Å². The van der Waals surface area contributed by atoms with Gasteiger partial charge in [0.05, 0.1) is 23.4 Å². The molecular weight excluding hydrogens is 466 g/mol. The van der Waals surface area contributed by atoms with Crippen LogP contribution in [-0.4, -0.2) is 53.3 Å². The van der Waals surface area contributed by atoms with E-state index < -0.39 is 4.92 Å². The Morgan fingerprint density at radius 2 is 1.86 bits per heavy atom. The van der Waals surface area contributed by atoms with Gasteiger partial charge in [0.2, 0.25) is 5.95 Å². The molecule has 11 heteroatoms. The number of ether oxygens (including phenoxy) is 1. The largest absolute Gasteiger partial charge is 0.495 e. The summed E-state index contributed by atoms with van der Waals surface area (Å²) in [6.45, 7) is 0. The zero-order chi connectivity index (χ0) is 24.9. The number of methoxy groups -OCH3 is 1. The Balaban J connectivity index is 1.32. The number of nitro groups is 1. The first kappa shape index (κ1) is 24.9. The molecule has 1 saturated carbocycles. The molecule has 35 heavy (non-hydrogen) atoms. The van der Waals surface area contributed by atoms with E-state index in [1.165, 1.54) is 43.3 Å². The van der Waals surface area contributed by atoms with Crippen LogP contribution in [0, 0.1) is 10.1 Å². The Bertz CT molecular complexity index is 1090. The van der Waals surface area contributed by atoms with Crippen molar-refractivity contribution < 1.29 is 9.66 Å². The van der Waals surface area contributed by atoms with Gasteiger partial charge in [-0.3, -0.25) is 10.1 Å². The zero-order valence-electron chi connectivity index (χ0n) is 20.5. The molecule has 10 nitrogen and oxygen atoms in total. The number of nitrogens with zero attached hydrogens (tertiary/aromatic N) is 4. The molecule has 1 aromatic heterocycles. The van der Waals surface area contributed by atoms with E-state index in [9.17, 15) is 10.1 Å². The topological polar surface area (TPSA) is 117 Å². The minimum atomic E-state index is -0.441. The van der Waals surface area contributed by atoms with Gasteiger partial charge in [0.15, 0.2) is 5.11 Å². The maximum atomic E-state index is 11.1. The summed E-state index contributed by atoms with van der Waals surface area (Å²) in [6, 6.07) is 4.92. The number of aryl methyl sites for hydroxylation is 1. The van der Waals surface area contributed by atoms with Gasteiger partial charge in [0.1, 0.15) is 11.6 Å². The van der Waals surface area contributed by atoms with E-state index in [-0.39, 0.29) is 11.7 Å². The molecule has 1 fully saturated rings. The first-order valence-electron chi connectivity index (χ1n) is 12.1. The molecule has 0 atom stereocenters. The molecular formula is C24H33N7O3S. The number of anilines is 3. The van der Waals surface area contributed by atoms with Crippen molar-refractivity contribution in [2.75, 3.05) is 36.7 Å². The van der Waals surface area contributed by atoms with Crippen molar-refractivity contribution in [2.24, 2.45) is 0 Å². The number of rotatable bonds is 7. The number of nitro benzene ring substituents is 1. The van der Waals surface area contributed by atoms with Crippen LogP contribution in [0.3, 0.4) is 0 Å². The molecule has 2 aliphatic rings. The van der Waals surface area contributed by atoms with Gasteiger partial charge in [-0.25, -0.2) is 4.98 Å². The lowest BCUT2D eigenvalue weighted by Crippen LogP contribution is -2.42. The minimum absolute atomic E-state index is 0.0236. The van der Waals surface area contributed by atoms with E-state index in [1.807, 2.05) is 14.1 Å². The van der Waals surface area contributed by atoms with Crippen molar-refractivity contribution in [3.05, 3.63) is 39.6 Å². The number of thiocarbonyl (C=S) groups is 1. The maximum Gasteiger partial charge on any atom is 0.271 e. The third kappa shape index (κ3) is 6.08. The molecule has 4 rings (SSSR count). The maximum absolute atomic E-state index is 11.1. The van der Waals surface area contributed by atoms with Gasteiger partial charge in [-0.1, -0.05) is 0 Å². The van der Waals surface area contributed by atoms with Crippen LogP contribution in [0.5, 0.6) is 5.75 Å². The Morgan fingerprint density at radius 1 is 1.14 bits per heavy atom. The smallest absolute Gasteiger partial charge is 0.271 e. The zero-order valence-corrected chi connectivity index (χ0v) is 21.3. The van der Waals surface area contributed by atoms with Gasteiger partial charge >= 0.3 is 0 Å². The van der Waals surface area contributed by atoms with Gasteiger partial charge in [0.25, 0.3) is 5.69 Å². The first-order valence-corrected chi connectivity index (χ1v) is 12.5. The predicted octanol–water partition coefficient (Wildman–Crippen LogP) is 4.05. The Kier molecular flexibility index (Phi) is 7.84. The highest BCUT2D eigenvalue weighted by molar-refractivity contribution is 7.80. The quantitative estimate of drug-likeness (QED) is 0.293. The van der Waals surface area contributed by atoms with E-state index in [4.69, 9.17) is 26.9 Å². The molecule has 1 aromatic carbocycles. The van der Waals surface area contributed by atoms with Crippen molar-refractivity contribution in [1.29, 1.82) is 0 Å². The van der Waals surface area contributed by atoms with Crippen molar-refractivity contribution in [1.82, 2.24) is 15.3 Å². The molecule has 2 aromatic rings. The first-order chi connectivity index (χ1) is 16.8. The van der Waals surface area contributed by atoms with Crippen molar-refractivity contribution in [2.45, 2.75) is 63.5 Å². The highest BCUT2D eigenvalue weighted by Gasteiger charge is 2.24. The molecule has 0 amide bonds. The molecule has 1 heterocycles. The molecule has 2 aliphatic carbocycles. The Hall–Kier alpha value is -3.21. The van der Waals surface area contributed by atoms with Crippen molar-refractivity contribution in [3.8, 4) is 5.75 Å². The molecule has 3 N–H and O–H groups in total. The SMILES string of the molecule is COc1ccc([N+](=O)[O-])cc1NC(=S)N[C@H]1CC[C@@H](Nc2nc3c(c(N(C)C)n2)CCCC3)CC1. The summed E-state index contributed by atoms with van der Waals surface area (Å²) in [4.78, 5) is 22.4. The van der Waals surface area contributed by atoms with Gasteiger partial charge < -0.3 is 25.6 Å². The van der Waals surface area contributed by atoms with Gasteiger partial charge in [-0.05, 0) is 69.7 Å². The molecule has 0 radical (unpaired) electrons. The lowest BCUT2D eigenvalue weighted by Gasteiger charge is -2.31. The monoisotopic (exact) mass is 499 g/mol. The summed E-state index contributed by atoms with van der Waals surface area (Å²) < 4.78 is 5.30. The standard InChI is InChI=1S/C24H33N7O3S/c1-30(2)22-18-6-4-5-7-19(18)27-23(29-22)25-15-8-10-16(11-9-15)26-24(35)28-20-14-17(31(32)33)12-13-21(20)34-3/h12-16H,4-11H2,1-3H3,(H,25,27,29)(H2,26,28,35)/t15-,16+. The third-order valence-corrected chi connectivity index (χ3v) is 6.84. The molecule has 188 valence electrons. The average Bonchev–Trinajstić information content (AvgIpc) is 2.84. The van der Waals surface area contributed by atoms with E-state index in [0.29, 0.717) is 22.6 Å².